The molecule has 0 unspecified atom stereocenters. The zero-order valence-electron chi connectivity index (χ0n) is 17.6. The number of hydrogen-bond donors (Lipinski definition) is 5. The van der Waals surface area contributed by atoms with E-state index in [0.717, 1.165) is 44.3 Å². The number of carbonyl (C=O) groups is 1. The average Bonchev–Trinajstić information content (AvgIpc) is 3.26. The first kappa shape index (κ1) is 25.1. The van der Waals surface area contributed by atoms with Crippen LogP contribution in [-0.2, 0) is 11.2 Å². The van der Waals surface area contributed by atoms with E-state index in [0.29, 0.717) is 31.2 Å². The molecular formula is C21H32ClN6O3-. The van der Waals surface area contributed by atoms with Crippen LogP contribution in [0.25, 0.3) is 0 Å². The van der Waals surface area contributed by atoms with E-state index in [1.54, 1.807) is 24.3 Å². The van der Waals surface area contributed by atoms with E-state index in [4.69, 9.17) is 15.9 Å². The van der Waals surface area contributed by atoms with Crippen LogP contribution in [-0.4, -0.2) is 40.8 Å². The lowest BCUT2D eigenvalue weighted by Crippen LogP contribution is -3.00. The number of phenolic OH excluding ortho intramolecular Hbond substituents is 1. The minimum absolute atomic E-state index is 0. The van der Waals surface area contributed by atoms with Gasteiger partial charge in [-0.25, -0.2) is 0 Å². The molecule has 0 bridgehead atoms. The van der Waals surface area contributed by atoms with Crippen LogP contribution in [0.3, 0.4) is 0 Å². The Hall–Kier alpha value is -2.20. The molecule has 1 aliphatic rings. The molecule has 3 rings (SSSR count). The maximum atomic E-state index is 12.7. The highest BCUT2D eigenvalue weighted by Crippen LogP contribution is 2.23. The minimum Gasteiger partial charge on any atom is -1.00 e. The summed E-state index contributed by atoms with van der Waals surface area (Å²) in [5.41, 5.74) is 12.8. The number of amides is 1. The van der Waals surface area contributed by atoms with E-state index in [9.17, 15) is 9.90 Å². The quantitative estimate of drug-likeness (QED) is 0.268. The Labute approximate surface area is 188 Å². The number of benzene rings is 1. The van der Waals surface area contributed by atoms with E-state index in [2.05, 4.69) is 20.8 Å². The SMILES string of the molecule is NCCCC[C@H](NC(=O)C1CCNCC1)c1nnc([C@@H](N)Cc2ccc(O)cc2)o1.[Cl-]. The monoisotopic (exact) mass is 451 g/mol. The first-order valence-corrected chi connectivity index (χ1v) is 10.6. The molecule has 1 amide bonds. The van der Waals surface area contributed by atoms with Gasteiger partial charge in [-0.05, 0) is 75.9 Å². The number of phenols is 1. The van der Waals surface area contributed by atoms with Crippen molar-refractivity contribution >= 4 is 5.91 Å². The predicted molar refractivity (Wildman–Crippen MR) is 112 cm³/mol. The molecule has 10 heteroatoms. The van der Waals surface area contributed by atoms with Crippen molar-refractivity contribution in [3.63, 3.8) is 0 Å². The van der Waals surface area contributed by atoms with Gasteiger partial charge in [-0.15, -0.1) is 10.2 Å². The molecule has 172 valence electrons. The molecule has 0 spiro atoms. The molecule has 2 aromatic rings. The Morgan fingerprint density at radius 2 is 1.87 bits per heavy atom. The molecule has 1 aliphatic heterocycles. The van der Waals surface area contributed by atoms with Crippen LogP contribution in [0, 0.1) is 5.92 Å². The van der Waals surface area contributed by atoms with Gasteiger partial charge in [-0.2, -0.15) is 0 Å². The van der Waals surface area contributed by atoms with E-state index in [1.807, 2.05) is 0 Å². The number of halogens is 1. The van der Waals surface area contributed by atoms with Crippen molar-refractivity contribution in [1.82, 2.24) is 20.8 Å². The number of unbranched alkanes of at least 4 members (excludes halogenated alkanes) is 1. The standard InChI is InChI=1S/C21H32N6O3.ClH/c22-10-2-1-3-18(25-19(29)15-8-11-24-12-9-15)21-27-26-20(30-21)17(23)13-14-4-6-16(28)7-5-14;/h4-7,15,17-18,24,28H,1-3,8-13,22-23H2,(H,25,29);1H/p-1/t17-,18-;/m0./s1. The Balaban J connectivity index is 0.00000341. The molecule has 1 aromatic heterocycles. The van der Waals surface area contributed by atoms with Crippen LogP contribution in [0.15, 0.2) is 28.7 Å². The summed E-state index contributed by atoms with van der Waals surface area (Å²) >= 11 is 0. The summed E-state index contributed by atoms with van der Waals surface area (Å²) in [4.78, 5) is 12.7. The molecule has 0 aliphatic carbocycles. The average molecular weight is 452 g/mol. The Kier molecular flexibility index (Phi) is 10.2. The summed E-state index contributed by atoms with van der Waals surface area (Å²) in [7, 11) is 0. The molecule has 7 N–H and O–H groups in total. The summed E-state index contributed by atoms with van der Waals surface area (Å²) in [6, 6.07) is 6.03. The summed E-state index contributed by atoms with van der Waals surface area (Å²) in [5.74, 6) is 0.950. The van der Waals surface area contributed by atoms with Crippen molar-refractivity contribution in [3.05, 3.63) is 41.6 Å². The van der Waals surface area contributed by atoms with Gasteiger partial charge in [-0.1, -0.05) is 12.1 Å². The number of rotatable bonds is 10. The largest absolute Gasteiger partial charge is 1.00 e. The van der Waals surface area contributed by atoms with Gasteiger partial charge in [0.1, 0.15) is 11.8 Å². The van der Waals surface area contributed by atoms with Gasteiger partial charge < -0.3 is 44.0 Å². The number of hydrogen-bond acceptors (Lipinski definition) is 8. The second-order valence-electron chi connectivity index (χ2n) is 7.83. The fourth-order valence-corrected chi connectivity index (χ4v) is 3.63. The zero-order chi connectivity index (χ0) is 21.3. The molecule has 9 nitrogen and oxygen atoms in total. The molecule has 1 fully saturated rings. The van der Waals surface area contributed by atoms with Gasteiger partial charge in [0.05, 0.1) is 6.04 Å². The third-order valence-electron chi connectivity index (χ3n) is 5.44. The lowest BCUT2D eigenvalue weighted by molar-refractivity contribution is -0.126. The highest BCUT2D eigenvalue weighted by Gasteiger charge is 2.27. The van der Waals surface area contributed by atoms with Crippen LogP contribution >= 0.6 is 0 Å². The van der Waals surface area contributed by atoms with Crippen molar-refractivity contribution in [2.45, 2.75) is 50.6 Å². The Bertz CT molecular complexity index is 795. The van der Waals surface area contributed by atoms with Gasteiger partial charge in [0.15, 0.2) is 0 Å². The number of piperidine rings is 1. The lowest BCUT2D eigenvalue weighted by Gasteiger charge is -2.24. The lowest BCUT2D eigenvalue weighted by atomic mass is 9.96. The summed E-state index contributed by atoms with van der Waals surface area (Å²) in [6.45, 7) is 2.31. The minimum atomic E-state index is -0.472. The normalized spacial score (nSPS) is 16.3. The Morgan fingerprint density at radius 1 is 1.19 bits per heavy atom. The maximum absolute atomic E-state index is 12.7. The van der Waals surface area contributed by atoms with Crippen molar-refractivity contribution in [1.29, 1.82) is 0 Å². The highest BCUT2D eigenvalue weighted by molar-refractivity contribution is 5.79. The zero-order valence-corrected chi connectivity index (χ0v) is 18.4. The van der Waals surface area contributed by atoms with Gasteiger partial charge in [0.25, 0.3) is 0 Å². The second-order valence-corrected chi connectivity index (χ2v) is 7.83. The molecular weight excluding hydrogens is 420 g/mol. The third-order valence-corrected chi connectivity index (χ3v) is 5.44. The van der Waals surface area contributed by atoms with Crippen LogP contribution < -0.4 is 34.5 Å². The third kappa shape index (κ3) is 7.46. The predicted octanol–water partition coefficient (Wildman–Crippen LogP) is -1.69. The van der Waals surface area contributed by atoms with Crippen molar-refractivity contribution in [2.75, 3.05) is 19.6 Å². The molecule has 31 heavy (non-hydrogen) atoms. The fourth-order valence-electron chi connectivity index (χ4n) is 3.63. The number of aromatic hydroxyl groups is 1. The molecule has 0 saturated carbocycles. The van der Waals surface area contributed by atoms with Gasteiger partial charge in [0.2, 0.25) is 17.7 Å². The van der Waals surface area contributed by atoms with Crippen LogP contribution in [0.5, 0.6) is 5.75 Å². The summed E-state index contributed by atoms with van der Waals surface area (Å²) < 4.78 is 5.87. The van der Waals surface area contributed by atoms with Crippen molar-refractivity contribution in [2.24, 2.45) is 17.4 Å². The van der Waals surface area contributed by atoms with Crippen LogP contribution in [0.1, 0.15) is 61.5 Å². The maximum Gasteiger partial charge on any atom is 0.238 e. The number of carbonyl (C=O) groups excluding carboxylic acids is 1. The van der Waals surface area contributed by atoms with Gasteiger partial charge in [0, 0.05) is 5.92 Å². The highest BCUT2D eigenvalue weighted by atomic mass is 35.5. The number of nitrogens with two attached hydrogens (primary N) is 2. The van der Waals surface area contributed by atoms with E-state index in [-0.39, 0.29) is 36.0 Å². The second kappa shape index (κ2) is 12.6. The molecule has 2 atom stereocenters. The fraction of sp³-hybridized carbons (Fsp3) is 0.571. The van der Waals surface area contributed by atoms with Crippen LogP contribution in [0.2, 0.25) is 0 Å². The van der Waals surface area contributed by atoms with E-state index >= 15 is 0 Å². The van der Waals surface area contributed by atoms with E-state index < -0.39 is 6.04 Å². The Morgan fingerprint density at radius 3 is 2.55 bits per heavy atom. The smallest absolute Gasteiger partial charge is 0.238 e. The molecule has 1 saturated heterocycles. The summed E-state index contributed by atoms with van der Waals surface area (Å²) in [6.07, 6.45) is 4.55. The number of aromatic nitrogens is 2. The van der Waals surface area contributed by atoms with Crippen molar-refractivity contribution in [3.8, 4) is 5.75 Å². The van der Waals surface area contributed by atoms with Gasteiger partial charge >= 0.3 is 0 Å². The first-order valence-electron chi connectivity index (χ1n) is 10.6. The molecule has 1 aromatic carbocycles. The van der Waals surface area contributed by atoms with Crippen molar-refractivity contribution < 1.29 is 26.7 Å². The van der Waals surface area contributed by atoms with Crippen LogP contribution in [0.4, 0.5) is 0 Å². The van der Waals surface area contributed by atoms with Gasteiger partial charge in [-0.3, -0.25) is 4.79 Å². The molecule has 2 heterocycles. The molecule has 0 radical (unpaired) electrons. The van der Waals surface area contributed by atoms with E-state index in [1.165, 1.54) is 0 Å². The number of nitrogens with one attached hydrogen (secondary N) is 2. The summed E-state index contributed by atoms with van der Waals surface area (Å²) in [5, 5.41) is 24.1. The first-order chi connectivity index (χ1) is 14.6. The topological polar surface area (TPSA) is 152 Å². The number of nitrogens with zero attached hydrogens (tertiary/aromatic N) is 2.